The lowest BCUT2D eigenvalue weighted by Gasteiger charge is -2.42. The molecule has 0 atom stereocenters. The smallest absolute Gasteiger partial charge is 0.325 e. The van der Waals surface area contributed by atoms with Crippen molar-refractivity contribution in [2.45, 2.75) is 37.1 Å². The fourth-order valence-electron chi connectivity index (χ4n) is 4.08. The van der Waals surface area contributed by atoms with Gasteiger partial charge >= 0.3 is 5.97 Å². The zero-order valence-corrected chi connectivity index (χ0v) is 14.6. The first-order valence-electron chi connectivity index (χ1n) is 7.56. The first-order chi connectivity index (χ1) is 10.5. The van der Waals surface area contributed by atoms with Gasteiger partial charge in [-0.2, -0.15) is 4.31 Å². The van der Waals surface area contributed by atoms with Gasteiger partial charge in [-0.05, 0) is 42.9 Å². The van der Waals surface area contributed by atoms with Crippen LogP contribution >= 0.6 is 0 Å². The molecule has 0 unspecified atom stereocenters. The van der Waals surface area contributed by atoms with E-state index < -0.39 is 21.5 Å². The number of carboxylic acids is 1. The van der Waals surface area contributed by atoms with Crippen LogP contribution in [0.2, 0.25) is 0 Å². The average molecular weight is 338 g/mol. The first kappa shape index (κ1) is 16.3. The van der Waals surface area contributed by atoms with Crippen LogP contribution in [0.25, 0.3) is 0 Å². The molecule has 7 heteroatoms. The highest BCUT2D eigenvalue weighted by Crippen LogP contribution is 2.60. The molecule has 6 nitrogen and oxygen atoms in total. The number of hydrogen-bond acceptors (Lipinski definition) is 4. The van der Waals surface area contributed by atoms with Gasteiger partial charge in [0, 0.05) is 26.3 Å². The van der Waals surface area contributed by atoms with Crippen molar-refractivity contribution in [2.75, 3.05) is 25.5 Å². The van der Waals surface area contributed by atoms with Gasteiger partial charge in [0.15, 0.2) is 0 Å². The van der Waals surface area contributed by atoms with E-state index in [1.54, 1.807) is 18.2 Å². The monoisotopic (exact) mass is 338 g/mol. The Hall–Kier alpha value is -1.60. The van der Waals surface area contributed by atoms with Crippen LogP contribution in [0.1, 0.15) is 25.3 Å². The molecule has 2 saturated heterocycles. The molecule has 126 valence electrons. The van der Waals surface area contributed by atoms with E-state index in [9.17, 15) is 18.3 Å². The average Bonchev–Trinajstić information content (AvgIpc) is 2.89. The third kappa shape index (κ3) is 2.17. The van der Waals surface area contributed by atoms with Gasteiger partial charge < -0.3 is 10.0 Å². The van der Waals surface area contributed by atoms with Gasteiger partial charge in [0.25, 0.3) is 0 Å². The van der Waals surface area contributed by atoms with Crippen molar-refractivity contribution in [3.63, 3.8) is 0 Å². The molecule has 23 heavy (non-hydrogen) atoms. The summed E-state index contributed by atoms with van der Waals surface area (Å²) in [6.07, 6.45) is 0.780. The number of benzene rings is 1. The largest absolute Gasteiger partial charge is 0.480 e. The molecular weight excluding hydrogens is 316 g/mol. The van der Waals surface area contributed by atoms with E-state index in [-0.39, 0.29) is 16.9 Å². The van der Waals surface area contributed by atoms with Gasteiger partial charge in [-0.25, -0.2) is 8.42 Å². The van der Waals surface area contributed by atoms with E-state index in [1.165, 1.54) is 4.31 Å². The van der Waals surface area contributed by atoms with Crippen molar-refractivity contribution in [2.24, 2.45) is 5.41 Å². The van der Waals surface area contributed by atoms with Crippen LogP contribution in [-0.4, -0.2) is 50.0 Å². The number of hydrogen-bond donors (Lipinski definition) is 1. The summed E-state index contributed by atoms with van der Waals surface area (Å²) >= 11 is 0. The SMILES string of the molecule is Cc1ccc(S(=O)(=O)N2CC3(C)CC2(C(=O)O)C3)cc1N(C)C. The lowest BCUT2D eigenvalue weighted by atomic mass is 9.63. The van der Waals surface area contributed by atoms with Crippen LogP contribution < -0.4 is 4.90 Å². The Labute approximate surface area is 136 Å². The number of sulfonamides is 1. The quantitative estimate of drug-likeness (QED) is 0.904. The van der Waals surface area contributed by atoms with Crippen LogP contribution in [0, 0.1) is 12.3 Å². The van der Waals surface area contributed by atoms with E-state index in [1.807, 2.05) is 32.8 Å². The Bertz CT molecular complexity index is 779. The second-order valence-corrected chi connectivity index (χ2v) is 9.22. The topological polar surface area (TPSA) is 77.9 Å². The number of anilines is 1. The lowest BCUT2D eigenvalue weighted by molar-refractivity contribution is -0.151. The minimum Gasteiger partial charge on any atom is -0.480 e. The van der Waals surface area contributed by atoms with E-state index >= 15 is 0 Å². The fourth-order valence-corrected chi connectivity index (χ4v) is 5.98. The standard InChI is InChI=1S/C16H22N2O4S/c1-11-5-6-12(7-13(11)17(3)4)23(21,22)18-10-15(2)8-16(18,9-15)14(19)20/h5-7H,8-10H2,1-4H3,(H,19,20). The van der Waals surface area contributed by atoms with E-state index in [0.717, 1.165) is 11.3 Å². The maximum absolute atomic E-state index is 13.1. The van der Waals surface area contributed by atoms with Crippen molar-refractivity contribution < 1.29 is 18.3 Å². The highest BCUT2D eigenvalue weighted by molar-refractivity contribution is 7.89. The summed E-state index contributed by atoms with van der Waals surface area (Å²) in [5.41, 5.74) is 0.296. The van der Waals surface area contributed by atoms with E-state index in [2.05, 4.69) is 0 Å². The summed E-state index contributed by atoms with van der Waals surface area (Å²) in [5, 5.41) is 9.58. The molecule has 1 aliphatic carbocycles. The maximum atomic E-state index is 13.1. The van der Waals surface area contributed by atoms with Gasteiger partial charge in [-0.15, -0.1) is 0 Å². The van der Waals surface area contributed by atoms with Crippen molar-refractivity contribution in [3.05, 3.63) is 23.8 Å². The molecule has 0 aromatic heterocycles. The molecule has 0 radical (unpaired) electrons. The summed E-state index contributed by atoms with van der Waals surface area (Å²) in [5.74, 6) is -1.05. The maximum Gasteiger partial charge on any atom is 0.325 e. The molecule has 3 aliphatic rings. The number of aryl methyl sites for hydroxylation is 1. The summed E-state index contributed by atoms with van der Waals surface area (Å²) in [6, 6.07) is 4.95. The van der Waals surface area contributed by atoms with E-state index in [4.69, 9.17) is 0 Å². The van der Waals surface area contributed by atoms with Gasteiger partial charge in [-0.1, -0.05) is 13.0 Å². The van der Waals surface area contributed by atoms with Gasteiger partial charge in [0.05, 0.1) is 4.90 Å². The Morgan fingerprint density at radius 1 is 1.30 bits per heavy atom. The van der Waals surface area contributed by atoms with Crippen molar-refractivity contribution in [1.29, 1.82) is 0 Å². The molecule has 2 aliphatic heterocycles. The second kappa shape index (κ2) is 4.70. The minimum absolute atomic E-state index is 0.156. The molecule has 3 fully saturated rings. The molecule has 4 rings (SSSR count). The van der Waals surface area contributed by atoms with Crippen molar-refractivity contribution in [1.82, 2.24) is 4.31 Å². The van der Waals surface area contributed by atoms with Crippen LogP contribution in [0.15, 0.2) is 23.1 Å². The van der Waals surface area contributed by atoms with Crippen molar-refractivity contribution >= 4 is 21.7 Å². The summed E-state index contributed by atoms with van der Waals surface area (Å²) < 4.78 is 27.3. The van der Waals surface area contributed by atoms with Crippen LogP contribution in [0.3, 0.4) is 0 Å². The number of carboxylic acid groups (broad SMARTS) is 1. The Balaban J connectivity index is 2.06. The number of nitrogens with zero attached hydrogens (tertiary/aromatic N) is 2. The Morgan fingerprint density at radius 3 is 2.43 bits per heavy atom. The molecule has 1 N–H and O–H groups in total. The summed E-state index contributed by atoms with van der Waals surface area (Å²) in [7, 11) is -0.130. The molecule has 2 heterocycles. The number of fused-ring (bicyclic) bond motifs is 1. The lowest BCUT2D eigenvalue weighted by Crippen LogP contribution is -2.56. The Morgan fingerprint density at radius 2 is 1.91 bits per heavy atom. The molecule has 0 spiro atoms. The summed E-state index contributed by atoms with van der Waals surface area (Å²) in [6.45, 7) is 4.13. The minimum atomic E-state index is -3.83. The molecule has 1 aromatic carbocycles. The predicted molar refractivity (Wildman–Crippen MR) is 87.1 cm³/mol. The fraction of sp³-hybridized carbons (Fsp3) is 0.562. The van der Waals surface area contributed by atoms with Crippen molar-refractivity contribution in [3.8, 4) is 0 Å². The van der Waals surface area contributed by atoms with Gasteiger partial charge in [-0.3, -0.25) is 4.79 Å². The molecular formula is C16H22N2O4S. The predicted octanol–water partition coefficient (Wildman–Crippen LogP) is 1.69. The first-order valence-corrected chi connectivity index (χ1v) is 9.00. The van der Waals surface area contributed by atoms with Gasteiger partial charge in [0.2, 0.25) is 10.0 Å². The zero-order chi connectivity index (χ0) is 17.2. The second-order valence-electron chi connectivity index (χ2n) is 7.36. The van der Waals surface area contributed by atoms with Gasteiger partial charge in [0.1, 0.15) is 5.54 Å². The normalized spacial score (nSPS) is 30.1. The molecule has 0 amide bonds. The summed E-state index contributed by atoms with van der Waals surface area (Å²) in [4.78, 5) is 13.7. The molecule has 1 aromatic rings. The molecule has 1 saturated carbocycles. The number of aliphatic carboxylic acids is 1. The number of rotatable bonds is 4. The zero-order valence-electron chi connectivity index (χ0n) is 13.8. The van der Waals surface area contributed by atoms with Crippen LogP contribution in [-0.2, 0) is 14.8 Å². The van der Waals surface area contributed by atoms with Crippen LogP contribution in [0.4, 0.5) is 5.69 Å². The third-order valence-corrected chi connectivity index (χ3v) is 7.00. The highest BCUT2D eigenvalue weighted by Gasteiger charge is 2.70. The molecule has 2 bridgehead atoms. The van der Waals surface area contributed by atoms with Crippen LogP contribution in [0.5, 0.6) is 0 Å². The Kier molecular flexibility index (Phi) is 3.33. The highest BCUT2D eigenvalue weighted by atomic mass is 32.2. The third-order valence-electron chi connectivity index (χ3n) is 5.09. The van der Waals surface area contributed by atoms with E-state index in [0.29, 0.717) is 12.8 Å². The number of carbonyl (C=O) groups is 1.